The number of aromatic amines is 1. The molecule has 1 aliphatic heterocycles. The Kier molecular flexibility index (Phi) is 5.57. The Balaban J connectivity index is 1.73. The number of carbonyl (C=O) groups is 1. The van der Waals surface area contributed by atoms with E-state index < -0.39 is 10.2 Å². The van der Waals surface area contributed by atoms with Gasteiger partial charge in [0.1, 0.15) is 5.69 Å². The third-order valence-electron chi connectivity index (χ3n) is 4.74. The number of benzene rings is 1. The van der Waals surface area contributed by atoms with Gasteiger partial charge in [-0.3, -0.25) is 4.79 Å². The van der Waals surface area contributed by atoms with Crippen LogP contribution in [0.5, 0.6) is 0 Å². The Morgan fingerprint density at radius 3 is 2.35 bits per heavy atom. The van der Waals surface area contributed by atoms with E-state index in [2.05, 4.69) is 4.98 Å². The van der Waals surface area contributed by atoms with E-state index in [-0.39, 0.29) is 19.0 Å². The number of halogens is 1. The van der Waals surface area contributed by atoms with Crippen LogP contribution in [0.1, 0.15) is 24.3 Å². The predicted molar refractivity (Wildman–Crippen MR) is 103 cm³/mol. The number of aromatic nitrogens is 1. The Morgan fingerprint density at radius 1 is 1.15 bits per heavy atom. The van der Waals surface area contributed by atoms with E-state index >= 15 is 0 Å². The molecule has 26 heavy (non-hydrogen) atoms. The third-order valence-corrected chi connectivity index (χ3v) is 7.32. The van der Waals surface area contributed by atoms with Crippen molar-refractivity contribution in [1.82, 2.24) is 18.5 Å². The minimum Gasteiger partial charge on any atom is -0.349 e. The van der Waals surface area contributed by atoms with Crippen LogP contribution >= 0.6 is 11.6 Å². The van der Waals surface area contributed by atoms with Crippen molar-refractivity contribution >= 4 is 38.6 Å². The summed E-state index contributed by atoms with van der Waals surface area (Å²) in [5.74, 6) is -0.203. The van der Waals surface area contributed by atoms with E-state index in [1.807, 2.05) is 38.1 Å². The van der Waals surface area contributed by atoms with Crippen LogP contribution < -0.4 is 0 Å². The van der Waals surface area contributed by atoms with Gasteiger partial charge < -0.3 is 9.88 Å². The number of rotatable bonds is 5. The second-order valence-corrected chi connectivity index (χ2v) is 8.45. The third kappa shape index (κ3) is 3.34. The molecule has 1 amide bonds. The molecule has 1 N–H and O–H groups in total. The van der Waals surface area contributed by atoms with Gasteiger partial charge in [-0.1, -0.05) is 43.6 Å². The quantitative estimate of drug-likeness (QED) is 0.838. The molecule has 1 fully saturated rings. The maximum Gasteiger partial charge on any atom is 0.282 e. The maximum absolute atomic E-state index is 12.8. The van der Waals surface area contributed by atoms with Crippen molar-refractivity contribution in [3.63, 3.8) is 0 Å². The van der Waals surface area contributed by atoms with Gasteiger partial charge in [-0.15, -0.1) is 0 Å². The highest BCUT2D eigenvalue weighted by molar-refractivity contribution is 7.86. The van der Waals surface area contributed by atoms with E-state index in [0.717, 1.165) is 10.9 Å². The number of H-pyrrole nitrogens is 1. The summed E-state index contributed by atoms with van der Waals surface area (Å²) in [5.41, 5.74) is 1.16. The number of nitrogens with one attached hydrogen (secondary N) is 1. The average Bonchev–Trinajstić information content (AvgIpc) is 2.99. The van der Waals surface area contributed by atoms with E-state index in [4.69, 9.17) is 11.6 Å². The van der Waals surface area contributed by atoms with Gasteiger partial charge in [0, 0.05) is 50.2 Å². The van der Waals surface area contributed by atoms with Gasteiger partial charge in [0.25, 0.3) is 16.1 Å². The molecule has 1 aliphatic rings. The summed E-state index contributed by atoms with van der Waals surface area (Å²) >= 11 is 6.36. The van der Waals surface area contributed by atoms with Crippen LogP contribution in [0, 0.1) is 0 Å². The molecule has 0 saturated carbocycles. The van der Waals surface area contributed by atoms with Crippen LogP contribution in [0.3, 0.4) is 0 Å². The van der Waals surface area contributed by atoms with Crippen molar-refractivity contribution in [3.8, 4) is 0 Å². The molecule has 1 saturated heterocycles. The summed E-state index contributed by atoms with van der Waals surface area (Å²) in [5, 5.41) is 1.21. The van der Waals surface area contributed by atoms with E-state index in [0.29, 0.717) is 36.9 Å². The van der Waals surface area contributed by atoms with Crippen molar-refractivity contribution in [3.05, 3.63) is 35.0 Å². The molecule has 0 aliphatic carbocycles. The molecule has 0 radical (unpaired) electrons. The van der Waals surface area contributed by atoms with Crippen LogP contribution in [-0.4, -0.2) is 72.1 Å². The second-order valence-electron chi connectivity index (χ2n) is 6.14. The number of carbonyl (C=O) groups excluding carboxylic acids is 1. The largest absolute Gasteiger partial charge is 0.349 e. The molecular weight excluding hydrogens is 376 g/mol. The van der Waals surface area contributed by atoms with Gasteiger partial charge in [0.2, 0.25) is 0 Å². The lowest BCUT2D eigenvalue weighted by Crippen LogP contribution is -2.54. The first-order chi connectivity index (χ1) is 12.4. The normalized spacial score (nSPS) is 16.5. The molecule has 1 aromatic carbocycles. The van der Waals surface area contributed by atoms with Crippen molar-refractivity contribution in [2.45, 2.75) is 13.8 Å². The summed E-state index contributed by atoms with van der Waals surface area (Å²) < 4.78 is 28.0. The Morgan fingerprint density at radius 2 is 1.77 bits per heavy atom. The van der Waals surface area contributed by atoms with Crippen LogP contribution in [0.2, 0.25) is 5.02 Å². The fraction of sp³-hybridized carbons (Fsp3) is 0.471. The second kappa shape index (κ2) is 7.56. The molecule has 7 nitrogen and oxygen atoms in total. The number of para-hydroxylation sites is 1. The van der Waals surface area contributed by atoms with Crippen LogP contribution in [0.4, 0.5) is 0 Å². The number of nitrogens with zero attached hydrogens (tertiary/aromatic N) is 3. The summed E-state index contributed by atoms with van der Waals surface area (Å²) in [6.45, 7) is 5.74. The summed E-state index contributed by atoms with van der Waals surface area (Å²) in [4.78, 5) is 17.5. The molecule has 0 unspecified atom stereocenters. The first kappa shape index (κ1) is 19.2. The van der Waals surface area contributed by atoms with Gasteiger partial charge >= 0.3 is 0 Å². The minimum absolute atomic E-state index is 0.203. The molecule has 142 valence electrons. The number of hydrogen-bond acceptors (Lipinski definition) is 3. The van der Waals surface area contributed by atoms with E-state index in [9.17, 15) is 13.2 Å². The smallest absolute Gasteiger partial charge is 0.282 e. The fourth-order valence-electron chi connectivity index (χ4n) is 3.25. The molecule has 2 heterocycles. The van der Waals surface area contributed by atoms with E-state index in [1.165, 1.54) is 8.61 Å². The summed E-state index contributed by atoms with van der Waals surface area (Å²) in [7, 11) is -3.47. The van der Waals surface area contributed by atoms with Gasteiger partial charge in [-0.05, 0) is 6.07 Å². The van der Waals surface area contributed by atoms with Gasteiger partial charge in [0.15, 0.2) is 0 Å². The number of hydrogen-bond donors (Lipinski definition) is 1. The standard InChI is InChI=1S/C17H23ClN4O3S/c1-3-21(4-2)26(24,25)22-11-9-20(10-12-22)17(23)16-15(18)13-7-5-6-8-14(13)19-16/h5-8,19H,3-4,9-12H2,1-2H3. The zero-order valence-corrected chi connectivity index (χ0v) is 16.5. The molecule has 2 aromatic rings. The van der Waals surface area contributed by atoms with Crippen molar-refractivity contribution in [1.29, 1.82) is 0 Å². The topological polar surface area (TPSA) is 76.7 Å². The molecule has 9 heteroatoms. The number of piperazine rings is 1. The summed E-state index contributed by atoms with van der Waals surface area (Å²) in [6.07, 6.45) is 0. The molecule has 0 atom stereocenters. The lowest BCUT2D eigenvalue weighted by molar-refractivity contribution is 0.0689. The zero-order valence-electron chi connectivity index (χ0n) is 14.9. The average molecular weight is 399 g/mol. The minimum atomic E-state index is -3.47. The SMILES string of the molecule is CCN(CC)S(=O)(=O)N1CCN(C(=O)c2[nH]c3ccccc3c2Cl)CC1. The highest BCUT2D eigenvalue weighted by Crippen LogP contribution is 2.28. The lowest BCUT2D eigenvalue weighted by atomic mass is 10.2. The Hall–Kier alpha value is -1.61. The Bertz CT molecular complexity index is 900. The molecule has 0 spiro atoms. The lowest BCUT2D eigenvalue weighted by Gasteiger charge is -2.36. The van der Waals surface area contributed by atoms with Crippen molar-refractivity contribution in [2.75, 3.05) is 39.3 Å². The van der Waals surface area contributed by atoms with Crippen molar-refractivity contribution in [2.24, 2.45) is 0 Å². The molecule has 3 rings (SSSR count). The molecular formula is C17H23ClN4O3S. The monoisotopic (exact) mass is 398 g/mol. The Labute approximate surface area is 158 Å². The maximum atomic E-state index is 12.8. The highest BCUT2D eigenvalue weighted by Gasteiger charge is 2.33. The molecule has 1 aromatic heterocycles. The fourth-order valence-corrected chi connectivity index (χ4v) is 5.15. The summed E-state index contributed by atoms with van der Waals surface area (Å²) in [6, 6.07) is 7.47. The molecule has 0 bridgehead atoms. The number of amides is 1. The zero-order chi connectivity index (χ0) is 18.9. The number of fused-ring (bicyclic) bond motifs is 1. The van der Waals surface area contributed by atoms with Gasteiger partial charge in [-0.25, -0.2) is 0 Å². The van der Waals surface area contributed by atoms with Gasteiger partial charge in [-0.2, -0.15) is 17.0 Å². The van der Waals surface area contributed by atoms with E-state index in [1.54, 1.807) is 4.90 Å². The van der Waals surface area contributed by atoms with Gasteiger partial charge in [0.05, 0.1) is 5.02 Å². The van der Waals surface area contributed by atoms with Crippen LogP contribution in [-0.2, 0) is 10.2 Å². The predicted octanol–water partition coefficient (Wildman–Crippen LogP) is 2.17. The van der Waals surface area contributed by atoms with Crippen molar-refractivity contribution < 1.29 is 13.2 Å². The first-order valence-electron chi connectivity index (χ1n) is 8.70. The van der Waals surface area contributed by atoms with Crippen LogP contribution in [0.25, 0.3) is 10.9 Å². The van der Waals surface area contributed by atoms with Crippen LogP contribution in [0.15, 0.2) is 24.3 Å². The highest BCUT2D eigenvalue weighted by atomic mass is 35.5. The first-order valence-corrected chi connectivity index (χ1v) is 10.5.